The smallest absolute Gasteiger partial charge is 0.326 e. The van der Waals surface area contributed by atoms with Crippen LogP contribution in [0.1, 0.15) is 11.1 Å². The number of hydrogen-bond donors (Lipinski definition) is 8. The van der Waals surface area contributed by atoms with Crippen molar-refractivity contribution in [1.82, 2.24) is 16.0 Å². The minimum atomic E-state index is -1.28. The van der Waals surface area contributed by atoms with Gasteiger partial charge in [-0.2, -0.15) is 25.3 Å². The highest BCUT2D eigenvalue weighted by Gasteiger charge is 2.30. The fourth-order valence-electron chi connectivity index (χ4n) is 3.23. The zero-order valence-corrected chi connectivity index (χ0v) is 21.1. The number of nitrogens with one attached hydrogen (secondary N) is 3. The average molecular weight is 535 g/mol. The molecule has 4 atom stereocenters. The summed E-state index contributed by atoms with van der Waals surface area (Å²) >= 11 is 8.14. The summed E-state index contributed by atoms with van der Waals surface area (Å²) in [5.74, 6) is -3.27. The van der Waals surface area contributed by atoms with Crippen LogP contribution in [0.2, 0.25) is 0 Å². The Balaban J connectivity index is 2.11. The first-order chi connectivity index (χ1) is 17.1. The van der Waals surface area contributed by atoms with Gasteiger partial charge in [0.1, 0.15) is 23.9 Å². The van der Waals surface area contributed by atoms with Gasteiger partial charge in [-0.25, -0.2) is 4.79 Å². The highest BCUT2D eigenvalue weighted by molar-refractivity contribution is 7.80. The Hall–Kier alpha value is -3.22. The molecule has 36 heavy (non-hydrogen) atoms. The van der Waals surface area contributed by atoms with Crippen molar-refractivity contribution in [2.24, 2.45) is 5.73 Å². The van der Waals surface area contributed by atoms with Gasteiger partial charge in [-0.15, -0.1) is 0 Å². The van der Waals surface area contributed by atoms with E-state index >= 15 is 0 Å². The number of carbonyl (C=O) groups excluding carboxylic acids is 3. The fourth-order valence-corrected chi connectivity index (χ4v) is 3.65. The van der Waals surface area contributed by atoms with Crippen molar-refractivity contribution in [3.63, 3.8) is 0 Å². The highest BCUT2D eigenvalue weighted by Crippen LogP contribution is 2.12. The summed E-state index contributed by atoms with van der Waals surface area (Å²) in [6.45, 7) is 0. The minimum Gasteiger partial charge on any atom is -0.508 e. The van der Waals surface area contributed by atoms with Crippen LogP contribution in [0, 0.1) is 0 Å². The maximum atomic E-state index is 13.1. The molecule has 0 saturated carbocycles. The topological polar surface area (TPSA) is 171 Å². The summed E-state index contributed by atoms with van der Waals surface area (Å²) in [6.07, 6.45) is 0.0973. The summed E-state index contributed by atoms with van der Waals surface area (Å²) in [7, 11) is 0. The number of phenolic OH excluding ortho intramolecular Hbond substituents is 1. The number of aliphatic carboxylic acids is 1. The second-order valence-corrected chi connectivity index (χ2v) is 8.78. The maximum absolute atomic E-state index is 13.1. The number of aromatic hydroxyl groups is 1. The molecule has 0 spiro atoms. The molecule has 0 aliphatic rings. The van der Waals surface area contributed by atoms with Crippen molar-refractivity contribution in [3.8, 4) is 5.75 Å². The van der Waals surface area contributed by atoms with Gasteiger partial charge in [-0.05, 0) is 23.3 Å². The van der Waals surface area contributed by atoms with Crippen LogP contribution in [-0.4, -0.2) is 69.6 Å². The third kappa shape index (κ3) is 9.10. The van der Waals surface area contributed by atoms with Crippen LogP contribution in [0.4, 0.5) is 0 Å². The number of carboxylic acid groups (broad SMARTS) is 1. The highest BCUT2D eigenvalue weighted by atomic mass is 32.1. The summed E-state index contributed by atoms with van der Waals surface area (Å²) < 4.78 is 0. The van der Waals surface area contributed by atoms with Crippen molar-refractivity contribution >= 4 is 48.9 Å². The second kappa shape index (κ2) is 14.4. The number of carboxylic acids is 1. The lowest BCUT2D eigenvalue weighted by Gasteiger charge is -2.24. The van der Waals surface area contributed by atoms with Gasteiger partial charge < -0.3 is 31.9 Å². The number of benzene rings is 2. The van der Waals surface area contributed by atoms with E-state index in [0.29, 0.717) is 5.56 Å². The maximum Gasteiger partial charge on any atom is 0.326 e. The Morgan fingerprint density at radius 3 is 1.78 bits per heavy atom. The number of carbonyl (C=O) groups is 4. The first kappa shape index (κ1) is 29.0. The minimum absolute atomic E-state index is 0.0278. The van der Waals surface area contributed by atoms with Gasteiger partial charge in [-0.3, -0.25) is 14.4 Å². The van der Waals surface area contributed by atoms with Crippen LogP contribution < -0.4 is 21.7 Å². The normalized spacial score (nSPS) is 14.1. The standard InChI is InChI=1S/C24H30N4O6S2/c25-17(12-35)21(30)26-18(10-14-4-2-1-3-5-14)22(31)28-20(13-36)23(32)27-19(24(33)34)11-15-6-8-16(29)9-7-15/h1-9,17-20,29,35-36H,10-13,25H2,(H,26,30)(H,27,32)(H,28,31)(H,33,34). The number of nitrogens with two attached hydrogens (primary N) is 1. The SMILES string of the molecule is NC(CS)C(=O)NC(Cc1ccccc1)C(=O)NC(CS)C(=O)NC(Cc1ccc(O)cc1)C(=O)O. The van der Waals surface area contributed by atoms with Crippen molar-refractivity contribution in [2.75, 3.05) is 11.5 Å². The molecule has 0 aromatic heterocycles. The lowest BCUT2D eigenvalue weighted by Crippen LogP contribution is -2.58. The molecule has 194 valence electrons. The van der Waals surface area contributed by atoms with E-state index in [9.17, 15) is 29.4 Å². The molecular formula is C24H30N4O6S2. The zero-order valence-electron chi connectivity index (χ0n) is 19.3. The number of hydrogen-bond acceptors (Lipinski definition) is 8. The Labute approximate surface area is 219 Å². The molecule has 0 heterocycles. The molecule has 2 aromatic rings. The quantitative estimate of drug-likeness (QED) is 0.166. The van der Waals surface area contributed by atoms with Crippen LogP contribution >= 0.6 is 25.3 Å². The van der Waals surface area contributed by atoms with E-state index in [1.807, 2.05) is 6.07 Å². The summed E-state index contributed by atoms with van der Waals surface area (Å²) in [5.41, 5.74) is 7.07. The number of phenols is 1. The van der Waals surface area contributed by atoms with Crippen molar-refractivity contribution in [2.45, 2.75) is 37.0 Å². The molecule has 3 amide bonds. The molecule has 0 fully saturated rings. The monoisotopic (exact) mass is 534 g/mol. The van der Waals surface area contributed by atoms with Crippen molar-refractivity contribution < 1.29 is 29.4 Å². The van der Waals surface area contributed by atoms with Crippen LogP contribution in [0.5, 0.6) is 5.75 Å². The third-order valence-electron chi connectivity index (χ3n) is 5.26. The molecule has 0 aliphatic heterocycles. The van der Waals surface area contributed by atoms with E-state index in [1.54, 1.807) is 36.4 Å². The van der Waals surface area contributed by atoms with Gasteiger partial charge in [0.25, 0.3) is 0 Å². The molecule has 10 nitrogen and oxygen atoms in total. The lowest BCUT2D eigenvalue weighted by molar-refractivity contribution is -0.142. The number of amides is 3. The van der Waals surface area contributed by atoms with Crippen LogP contribution in [0.25, 0.3) is 0 Å². The van der Waals surface area contributed by atoms with Gasteiger partial charge in [-0.1, -0.05) is 42.5 Å². The molecular weight excluding hydrogens is 504 g/mol. The second-order valence-electron chi connectivity index (χ2n) is 8.05. The Kier molecular flexibility index (Phi) is 11.6. The molecule has 12 heteroatoms. The molecule has 2 rings (SSSR count). The van der Waals surface area contributed by atoms with E-state index in [-0.39, 0.29) is 30.1 Å². The van der Waals surface area contributed by atoms with Crippen LogP contribution in [0.3, 0.4) is 0 Å². The Bertz CT molecular complexity index is 1040. The lowest BCUT2D eigenvalue weighted by atomic mass is 10.0. The van der Waals surface area contributed by atoms with Crippen LogP contribution in [-0.2, 0) is 32.0 Å². The van der Waals surface area contributed by atoms with E-state index in [2.05, 4.69) is 41.2 Å². The molecule has 2 aromatic carbocycles. The number of rotatable bonds is 13. The van der Waals surface area contributed by atoms with E-state index in [1.165, 1.54) is 12.1 Å². The van der Waals surface area contributed by atoms with Crippen molar-refractivity contribution in [3.05, 3.63) is 65.7 Å². The largest absolute Gasteiger partial charge is 0.508 e. The van der Waals surface area contributed by atoms with E-state index in [4.69, 9.17) is 5.73 Å². The Morgan fingerprint density at radius 2 is 1.22 bits per heavy atom. The van der Waals surface area contributed by atoms with Gasteiger partial charge >= 0.3 is 5.97 Å². The molecule has 0 aliphatic carbocycles. The van der Waals surface area contributed by atoms with E-state index < -0.39 is 47.9 Å². The predicted molar refractivity (Wildman–Crippen MR) is 141 cm³/mol. The zero-order chi connectivity index (χ0) is 26.7. The van der Waals surface area contributed by atoms with Gasteiger partial charge in [0.15, 0.2) is 0 Å². The molecule has 4 unspecified atom stereocenters. The summed E-state index contributed by atoms with van der Waals surface area (Å²) in [5, 5.41) is 26.5. The van der Waals surface area contributed by atoms with Crippen LogP contribution in [0.15, 0.2) is 54.6 Å². The van der Waals surface area contributed by atoms with Gasteiger partial charge in [0, 0.05) is 24.3 Å². The van der Waals surface area contributed by atoms with Crippen molar-refractivity contribution in [1.29, 1.82) is 0 Å². The van der Waals surface area contributed by atoms with Gasteiger partial charge in [0.05, 0.1) is 6.04 Å². The molecule has 0 radical (unpaired) electrons. The summed E-state index contributed by atoms with van der Waals surface area (Å²) in [4.78, 5) is 50.0. The molecule has 0 saturated heterocycles. The first-order valence-electron chi connectivity index (χ1n) is 11.1. The predicted octanol–water partition coefficient (Wildman–Crippen LogP) is -0.0967. The van der Waals surface area contributed by atoms with E-state index in [0.717, 1.165) is 5.56 Å². The fraction of sp³-hybridized carbons (Fsp3) is 0.333. The van der Waals surface area contributed by atoms with Gasteiger partial charge in [0.2, 0.25) is 17.7 Å². The number of thiol groups is 2. The third-order valence-corrected chi connectivity index (χ3v) is 6.01. The summed E-state index contributed by atoms with van der Waals surface area (Å²) in [6, 6.07) is 10.4. The Morgan fingerprint density at radius 1 is 0.722 bits per heavy atom. The molecule has 7 N–H and O–H groups in total. The average Bonchev–Trinajstić information content (AvgIpc) is 2.87. The molecule has 0 bridgehead atoms. The first-order valence-corrected chi connectivity index (χ1v) is 12.3.